The summed E-state index contributed by atoms with van der Waals surface area (Å²) in [6, 6.07) is 8.12. The Morgan fingerprint density at radius 3 is 2.74 bits per heavy atom. The lowest BCUT2D eigenvalue weighted by Gasteiger charge is -1.97. The third kappa shape index (κ3) is 3.91. The second kappa shape index (κ2) is 6.13. The van der Waals surface area contributed by atoms with Gasteiger partial charge in [-0.05, 0) is 19.4 Å². The average Bonchev–Trinajstić information content (AvgIpc) is 2.80. The Morgan fingerprint density at radius 2 is 2.05 bits per heavy atom. The van der Waals surface area contributed by atoms with Crippen LogP contribution in [-0.4, -0.2) is 22.7 Å². The molecule has 5 heteroatoms. The van der Waals surface area contributed by atoms with Crippen LogP contribution in [0.5, 0.6) is 0 Å². The van der Waals surface area contributed by atoms with Gasteiger partial charge in [0.05, 0.1) is 6.61 Å². The molecule has 0 saturated heterocycles. The van der Waals surface area contributed by atoms with Gasteiger partial charge in [0.2, 0.25) is 5.89 Å². The van der Waals surface area contributed by atoms with E-state index in [0.717, 1.165) is 5.56 Å². The number of esters is 1. The van der Waals surface area contributed by atoms with E-state index in [1.807, 2.05) is 31.2 Å². The summed E-state index contributed by atoms with van der Waals surface area (Å²) >= 11 is 0. The second-order valence-corrected chi connectivity index (χ2v) is 4.25. The Hall–Kier alpha value is -2.17. The van der Waals surface area contributed by atoms with E-state index >= 15 is 0 Å². The van der Waals surface area contributed by atoms with Crippen molar-refractivity contribution in [3.8, 4) is 0 Å². The van der Waals surface area contributed by atoms with E-state index in [1.54, 1.807) is 6.92 Å². The van der Waals surface area contributed by atoms with Crippen molar-refractivity contribution in [2.24, 2.45) is 0 Å². The zero-order valence-electron chi connectivity index (χ0n) is 11.0. The molecule has 2 rings (SSSR count). The van der Waals surface area contributed by atoms with Gasteiger partial charge in [0.25, 0.3) is 0 Å². The highest BCUT2D eigenvalue weighted by Gasteiger charge is 2.12. The molecule has 0 aliphatic rings. The van der Waals surface area contributed by atoms with Crippen LogP contribution in [0.2, 0.25) is 0 Å². The van der Waals surface area contributed by atoms with E-state index < -0.39 is 0 Å². The fourth-order valence-electron chi connectivity index (χ4n) is 1.66. The molecule has 1 aromatic carbocycles. The summed E-state index contributed by atoms with van der Waals surface area (Å²) in [5.41, 5.74) is 2.31. The third-order valence-corrected chi connectivity index (χ3v) is 2.59. The van der Waals surface area contributed by atoms with Crippen LogP contribution in [0.4, 0.5) is 0 Å². The highest BCUT2D eigenvalue weighted by atomic mass is 16.5. The van der Waals surface area contributed by atoms with Gasteiger partial charge in [0.15, 0.2) is 5.82 Å². The van der Waals surface area contributed by atoms with Crippen LogP contribution in [0.3, 0.4) is 0 Å². The lowest BCUT2D eigenvalue weighted by atomic mass is 10.1. The number of carbonyl (C=O) groups is 1. The van der Waals surface area contributed by atoms with Crippen LogP contribution in [0.1, 0.15) is 29.8 Å². The molecule has 5 nitrogen and oxygen atoms in total. The molecular weight excluding hydrogens is 244 g/mol. The van der Waals surface area contributed by atoms with Crippen molar-refractivity contribution in [1.82, 2.24) is 10.1 Å². The summed E-state index contributed by atoms with van der Waals surface area (Å²) in [6.07, 6.45) is 0.612. The fourth-order valence-corrected chi connectivity index (χ4v) is 1.66. The molecule has 1 aromatic heterocycles. The van der Waals surface area contributed by atoms with Crippen LogP contribution in [0.15, 0.2) is 28.8 Å². The van der Waals surface area contributed by atoms with Gasteiger partial charge >= 0.3 is 5.97 Å². The first kappa shape index (κ1) is 13.3. The van der Waals surface area contributed by atoms with E-state index in [1.165, 1.54) is 5.56 Å². The highest BCUT2D eigenvalue weighted by molar-refractivity contribution is 5.71. The van der Waals surface area contributed by atoms with E-state index in [-0.39, 0.29) is 12.4 Å². The number of aryl methyl sites for hydroxylation is 1. The zero-order chi connectivity index (χ0) is 13.7. The molecule has 100 valence electrons. The van der Waals surface area contributed by atoms with Crippen LogP contribution in [-0.2, 0) is 22.4 Å². The van der Waals surface area contributed by atoms with Crippen LogP contribution in [0.25, 0.3) is 0 Å². The first-order valence-electron chi connectivity index (χ1n) is 6.20. The monoisotopic (exact) mass is 260 g/mol. The first-order valence-corrected chi connectivity index (χ1v) is 6.20. The molecule has 0 radical (unpaired) electrons. The molecule has 0 amide bonds. The van der Waals surface area contributed by atoms with Gasteiger partial charge < -0.3 is 9.26 Å². The summed E-state index contributed by atoms with van der Waals surface area (Å²) < 4.78 is 9.84. The number of hydrogen-bond donors (Lipinski definition) is 0. The minimum absolute atomic E-state index is 0.0226. The van der Waals surface area contributed by atoms with E-state index in [9.17, 15) is 4.79 Å². The smallest absolute Gasteiger partial charge is 0.315 e. The van der Waals surface area contributed by atoms with E-state index in [0.29, 0.717) is 24.7 Å². The Kier molecular flexibility index (Phi) is 4.28. The van der Waals surface area contributed by atoms with Crippen molar-refractivity contribution in [2.45, 2.75) is 26.7 Å². The fraction of sp³-hybridized carbons (Fsp3) is 0.357. The molecular formula is C14H16N2O3. The number of nitrogens with zero attached hydrogens (tertiary/aromatic N) is 2. The quantitative estimate of drug-likeness (QED) is 0.770. The maximum atomic E-state index is 11.3. The van der Waals surface area contributed by atoms with Crippen molar-refractivity contribution in [2.75, 3.05) is 6.61 Å². The molecule has 0 fully saturated rings. The highest BCUT2D eigenvalue weighted by Crippen LogP contribution is 2.09. The number of rotatable bonds is 5. The maximum Gasteiger partial charge on any atom is 0.315 e. The Morgan fingerprint density at radius 1 is 1.32 bits per heavy atom. The predicted octanol–water partition coefficient (Wildman–Crippen LogP) is 2.07. The van der Waals surface area contributed by atoms with E-state index in [2.05, 4.69) is 10.1 Å². The Labute approximate surface area is 111 Å². The SMILES string of the molecule is CCOC(=O)Cc1nc(Cc2ccc(C)cc2)no1. The molecule has 0 N–H and O–H groups in total. The molecule has 0 unspecified atom stereocenters. The molecule has 2 aromatic rings. The lowest BCUT2D eigenvalue weighted by Crippen LogP contribution is -2.07. The zero-order valence-corrected chi connectivity index (χ0v) is 11.0. The molecule has 0 bridgehead atoms. The van der Waals surface area contributed by atoms with Crippen molar-refractivity contribution in [1.29, 1.82) is 0 Å². The van der Waals surface area contributed by atoms with Crippen LogP contribution in [0, 0.1) is 6.92 Å². The standard InChI is InChI=1S/C14H16N2O3/c1-3-18-14(17)9-13-15-12(16-19-13)8-11-6-4-10(2)5-7-11/h4-7H,3,8-9H2,1-2H3. The average molecular weight is 260 g/mol. The Bertz CT molecular complexity index is 546. The summed E-state index contributed by atoms with van der Waals surface area (Å²) in [4.78, 5) is 15.4. The lowest BCUT2D eigenvalue weighted by molar-refractivity contribution is -0.142. The molecule has 0 atom stereocenters. The van der Waals surface area contributed by atoms with Crippen molar-refractivity contribution in [3.05, 3.63) is 47.1 Å². The molecule has 19 heavy (non-hydrogen) atoms. The van der Waals surface area contributed by atoms with Crippen LogP contribution < -0.4 is 0 Å². The van der Waals surface area contributed by atoms with Gasteiger partial charge in [-0.1, -0.05) is 35.0 Å². The number of carbonyl (C=O) groups excluding carboxylic acids is 1. The summed E-state index contributed by atoms with van der Waals surface area (Å²) in [7, 11) is 0. The largest absolute Gasteiger partial charge is 0.466 e. The topological polar surface area (TPSA) is 65.2 Å². The van der Waals surface area contributed by atoms with Gasteiger partial charge in [-0.25, -0.2) is 0 Å². The van der Waals surface area contributed by atoms with Crippen molar-refractivity contribution in [3.63, 3.8) is 0 Å². The van der Waals surface area contributed by atoms with Gasteiger partial charge in [0, 0.05) is 6.42 Å². The van der Waals surface area contributed by atoms with Crippen molar-refractivity contribution < 1.29 is 14.1 Å². The van der Waals surface area contributed by atoms with Gasteiger partial charge in [-0.2, -0.15) is 4.98 Å². The molecule has 0 saturated carbocycles. The number of benzene rings is 1. The van der Waals surface area contributed by atoms with Crippen LogP contribution >= 0.6 is 0 Å². The predicted molar refractivity (Wildman–Crippen MR) is 68.6 cm³/mol. The normalized spacial score (nSPS) is 10.4. The minimum atomic E-state index is -0.354. The van der Waals surface area contributed by atoms with E-state index in [4.69, 9.17) is 9.26 Å². The first-order chi connectivity index (χ1) is 9.17. The molecule has 0 aliphatic carbocycles. The van der Waals surface area contributed by atoms with Gasteiger partial charge in [0.1, 0.15) is 6.42 Å². The van der Waals surface area contributed by atoms with Gasteiger partial charge in [-0.3, -0.25) is 4.79 Å². The molecule has 0 spiro atoms. The maximum absolute atomic E-state index is 11.3. The second-order valence-electron chi connectivity index (χ2n) is 4.25. The van der Waals surface area contributed by atoms with Gasteiger partial charge in [-0.15, -0.1) is 0 Å². The third-order valence-electron chi connectivity index (χ3n) is 2.59. The summed E-state index contributed by atoms with van der Waals surface area (Å²) in [6.45, 7) is 4.15. The summed E-state index contributed by atoms with van der Waals surface area (Å²) in [5, 5.41) is 3.85. The Balaban J connectivity index is 1.97. The number of hydrogen-bond acceptors (Lipinski definition) is 5. The molecule has 1 heterocycles. The number of ether oxygens (including phenoxy) is 1. The molecule has 0 aliphatic heterocycles. The van der Waals surface area contributed by atoms with Crippen molar-refractivity contribution >= 4 is 5.97 Å². The minimum Gasteiger partial charge on any atom is -0.466 e. The number of aromatic nitrogens is 2. The summed E-state index contributed by atoms with van der Waals surface area (Å²) in [5.74, 6) is 0.511.